The molecule has 1 aromatic heterocycles. The lowest BCUT2D eigenvalue weighted by Crippen LogP contribution is -2.28. The van der Waals surface area contributed by atoms with E-state index in [2.05, 4.69) is 9.83 Å². The summed E-state index contributed by atoms with van der Waals surface area (Å²) in [6.07, 6.45) is -6.84. The van der Waals surface area contributed by atoms with Crippen molar-refractivity contribution in [2.45, 2.75) is 18.8 Å². The van der Waals surface area contributed by atoms with Gasteiger partial charge in [-0.3, -0.25) is 4.79 Å². The lowest BCUT2D eigenvalue weighted by Gasteiger charge is -2.18. The molecule has 0 bridgehead atoms. The maximum atomic E-state index is 13.7. The zero-order chi connectivity index (χ0) is 20.4. The average Bonchev–Trinajstić information content (AvgIpc) is 2.62. The fourth-order valence-electron chi connectivity index (χ4n) is 2.03. The topological polar surface area (TPSA) is 68.6 Å². The van der Waals surface area contributed by atoms with Gasteiger partial charge in [0.2, 0.25) is 11.4 Å². The average molecular weight is 393 g/mol. The standard InChI is InChI=1S/C15H9F6N3O3/c1-22-7-3-6(12(16)17)4-8(9(7)26-2)27-10-11(15(20,21)14(18)19)23-5-24-13(10)25/h3-5,12,14H,2H3,(H,23,24,25). The van der Waals surface area contributed by atoms with E-state index in [0.29, 0.717) is 12.4 Å². The van der Waals surface area contributed by atoms with Crippen molar-refractivity contribution < 1.29 is 35.8 Å². The Morgan fingerprint density at radius 3 is 2.41 bits per heavy atom. The summed E-state index contributed by atoms with van der Waals surface area (Å²) in [4.78, 5) is 19.7. The Morgan fingerprint density at radius 1 is 1.22 bits per heavy atom. The number of nitrogens with one attached hydrogen (secondary N) is 1. The number of nitrogens with zero attached hydrogens (tertiary/aromatic N) is 2. The molecule has 0 saturated heterocycles. The maximum Gasteiger partial charge on any atom is 0.352 e. The molecule has 0 saturated carbocycles. The predicted octanol–water partition coefficient (Wildman–Crippen LogP) is 4.42. The lowest BCUT2D eigenvalue weighted by molar-refractivity contribution is -0.139. The van der Waals surface area contributed by atoms with Gasteiger partial charge in [0.1, 0.15) is 0 Å². The SMILES string of the molecule is [C-]#[N+]c1cc(C(F)F)cc(Oc2c(C(F)(F)C(F)F)nc[nH]c2=O)c1OC. The van der Waals surface area contributed by atoms with E-state index in [1.165, 1.54) is 0 Å². The molecule has 0 aliphatic rings. The summed E-state index contributed by atoms with van der Waals surface area (Å²) in [5.41, 5.74) is -4.27. The summed E-state index contributed by atoms with van der Waals surface area (Å²) in [7, 11) is 1.03. The Morgan fingerprint density at radius 2 is 1.89 bits per heavy atom. The van der Waals surface area contributed by atoms with Crippen molar-refractivity contribution in [3.05, 3.63) is 51.5 Å². The second-order valence-electron chi connectivity index (χ2n) is 4.92. The van der Waals surface area contributed by atoms with Gasteiger partial charge in [-0.1, -0.05) is 0 Å². The molecule has 144 valence electrons. The van der Waals surface area contributed by atoms with Crippen LogP contribution in [0.25, 0.3) is 4.85 Å². The van der Waals surface area contributed by atoms with Crippen molar-refractivity contribution in [1.29, 1.82) is 0 Å². The molecule has 0 spiro atoms. The van der Waals surface area contributed by atoms with Gasteiger partial charge in [-0.15, -0.1) is 0 Å². The first-order valence-electron chi connectivity index (χ1n) is 6.93. The van der Waals surface area contributed by atoms with E-state index in [9.17, 15) is 31.1 Å². The molecule has 12 heteroatoms. The highest BCUT2D eigenvalue weighted by atomic mass is 19.3. The van der Waals surface area contributed by atoms with Gasteiger partial charge in [-0.05, 0) is 12.1 Å². The number of methoxy groups -OCH3 is 1. The number of benzene rings is 1. The van der Waals surface area contributed by atoms with Gasteiger partial charge in [-0.2, -0.15) is 8.78 Å². The van der Waals surface area contributed by atoms with Crippen LogP contribution < -0.4 is 15.0 Å². The molecule has 0 atom stereocenters. The summed E-state index contributed by atoms with van der Waals surface area (Å²) in [6, 6.07) is 1.40. The third-order valence-corrected chi connectivity index (χ3v) is 3.25. The van der Waals surface area contributed by atoms with Gasteiger partial charge in [-0.25, -0.2) is 27.4 Å². The quantitative estimate of drug-likeness (QED) is 0.583. The van der Waals surface area contributed by atoms with Gasteiger partial charge in [0.25, 0.3) is 12.0 Å². The maximum absolute atomic E-state index is 13.7. The third kappa shape index (κ3) is 3.81. The summed E-state index contributed by atoms with van der Waals surface area (Å²) in [5.74, 6) is -7.38. The Bertz CT molecular complexity index is 939. The second-order valence-corrected chi connectivity index (χ2v) is 4.92. The highest BCUT2D eigenvalue weighted by molar-refractivity contribution is 5.66. The van der Waals surface area contributed by atoms with E-state index < -0.39 is 58.5 Å². The zero-order valence-corrected chi connectivity index (χ0v) is 13.3. The van der Waals surface area contributed by atoms with Crippen LogP contribution in [0, 0.1) is 6.57 Å². The van der Waals surface area contributed by atoms with Crippen LogP contribution in [0.1, 0.15) is 17.7 Å². The number of aromatic amines is 1. The second kappa shape index (κ2) is 7.56. The summed E-state index contributed by atoms with van der Waals surface area (Å²) in [6.45, 7) is 6.99. The Balaban J connectivity index is 2.70. The van der Waals surface area contributed by atoms with Crippen LogP contribution in [-0.2, 0) is 5.92 Å². The van der Waals surface area contributed by atoms with E-state index in [1.54, 1.807) is 0 Å². The smallest absolute Gasteiger partial charge is 0.352 e. The van der Waals surface area contributed by atoms with Crippen LogP contribution in [0.15, 0.2) is 23.3 Å². The van der Waals surface area contributed by atoms with E-state index in [4.69, 9.17) is 16.0 Å². The van der Waals surface area contributed by atoms with Gasteiger partial charge >= 0.3 is 12.3 Å². The Kier molecular flexibility index (Phi) is 5.63. The molecule has 27 heavy (non-hydrogen) atoms. The van der Waals surface area contributed by atoms with Crippen molar-refractivity contribution in [2.75, 3.05) is 7.11 Å². The van der Waals surface area contributed by atoms with Crippen LogP contribution in [-0.4, -0.2) is 23.5 Å². The first kappa shape index (κ1) is 20.1. The number of hydrogen-bond donors (Lipinski definition) is 1. The minimum atomic E-state index is -4.86. The number of alkyl halides is 6. The van der Waals surface area contributed by atoms with Crippen molar-refractivity contribution >= 4 is 5.69 Å². The van der Waals surface area contributed by atoms with Gasteiger partial charge in [0.05, 0.1) is 20.0 Å². The van der Waals surface area contributed by atoms with Crippen LogP contribution in [0.2, 0.25) is 0 Å². The largest absolute Gasteiger partial charge is 0.504 e. The molecular formula is C15H9F6N3O3. The molecule has 1 N–H and O–H groups in total. The highest BCUT2D eigenvalue weighted by Gasteiger charge is 2.47. The normalized spacial score (nSPS) is 11.6. The van der Waals surface area contributed by atoms with E-state index in [0.717, 1.165) is 13.2 Å². The zero-order valence-electron chi connectivity index (χ0n) is 13.3. The lowest BCUT2D eigenvalue weighted by atomic mass is 10.1. The minimum absolute atomic E-state index is 0.455. The summed E-state index contributed by atoms with van der Waals surface area (Å²) < 4.78 is 88.5. The van der Waals surface area contributed by atoms with Crippen molar-refractivity contribution in [3.8, 4) is 17.2 Å². The molecule has 1 heterocycles. The minimum Gasteiger partial charge on any atom is -0.504 e. The molecule has 1 aromatic carbocycles. The molecule has 0 amide bonds. The molecule has 6 nitrogen and oxygen atoms in total. The number of halogens is 6. The van der Waals surface area contributed by atoms with Crippen LogP contribution in [0.5, 0.6) is 17.2 Å². The Labute approximate surface area is 147 Å². The van der Waals surface area contributed by atoms with Crippen molar-refractivity contribution in [3.63, 3.8) is 0 Å². The van der Waals surface area contributed by atoms with Gasteiger partial charge in [0.15, 0.2) is 17.2 Å². The molecule has 0 unspecified atom stereocenters. The first-order chi connectivity index (χ1) is 12.6. The van der Waals surface area contributed by atoms with E-state index in [1.807, 2.05) is 4.98 Å². The number of aromatic nitrogens is 2. The number of rotatable bonds is 6. The monoisotopic (exact) mass is 393 g/mol. The molecule has 2 rings (SSSR count). The van der Waals surface area contributed by atoms with E-state index >= 15 is 0 Å². The van der Waals surface area contributed by atoms with Crippen LogP contribution in [0.4, 0.5) is 32.0 Å². The fraction of sp³-hybridized carbons (Fsp3) is 0.267. The van der Waals surface area contributed by atoms with Crippen molar-refractivity contribution in [1.82, 2.24) is 9.97 Å². The summed E-state index contributed by atoms with van der Waals surface area (Å²) in [5, 5.41) is 0. The molecule has 0 aliphatic carbocycles. The number of H-pyrrole nitrogens is 1. The number of ether oxygens (including phenoxy) is 2. The molecule has 0 aliphatic heterocycles. The Hall–Kier alpha value is -3.23. The number of hydrogen-bond acceptors (Lipinski definition) is 4. The third-order valence-electron chi connectivity index (χ3n) is 3.25. The van der Waals surface area contributed by atoms with Crippen molar-refractivity contribution in [2.24, 2.45) is 0 Å². The van der Waals surface area contributed by atoms with Gasteiger partial charge in [0, 0.05) is 5.56 Å². The van der Waals surface area contributed by atoms with Gasteiger partial charge < -0.3 is 14.5 Å². The highest BCUT2D eigenvalue weighted by Crippen LogP contribution is 2.44. The molecule has 2 aromatic rings. The molecule has 0 fully saturated rings. The summed E-state index contributed by atoms with van der Waals surface area (Å²) >= 11 is 0. The fourth-order valence-corrected chi connectivity index (χ4v) is 2.03. The van der Waals surface area contributed by atoms with Crippen LogP contribution >= 0.6 is 0 Å². The molecule has 0 radical (unpaired) electrons. The van der Waals surface area contributed by atoms with E-state index in [-0.39, 0.29) is 0 Å². The predicted molar refractivity (Wildman–Crippen MR) is 79.0 cm³/mol. The first-order valence-corrected chi connectivity index (χ1v) is 6.93. The molecular weight excluding hydrogens is 384 g/mol. The van der Waals surface area contributed by atoms with Crippen LogP contribution in [0.3, 0.4) is 0 Å².